The van der Waals surface area contributed by atoms with Crippen LogP contribution in [0.1, 0.15) is 21.7 Å². The molecule has 0 bridgehead atoms. The lowest BCUT2D eigenvalue weighted by molar-refractivity contribution is -0.107. The van der Waals surface area contributed by atoms with Crippen molar-refractivity contribution in [2.45, 2.75) is 13.5 Å². The number of anilines is 1. The van der Waals surface area contributed by atoms with Crippen molar-refractivity contribution in [2.24, 2.45) is 0 Å². The van der Waals surface area contributed by atoms with Gasteiger partial charge in [-0.1, -0.05) is 17.3 Å². The van der Waals surface area contributed by atoms with Gasteiger partial charge < -0.3 is 14.5 Å². The molecule has 0 aliphatic rings. The lowest BCUT2D eigenvalue weighted by Gasteiger charge is -2.15. The Morgan fingerprint density at radius 3 is 2.58 bits per heavy atom. The fourth-order valence-corrected chi connectivity index (χ4v) is 1.70. The maximum atomic E-state index is 11.1. The first-order valence-corrected chi connectivity index (χ1v) is 5.57. The Hall–Kier alpha value is -2.63. The molecule has 6 heteroatoms. The topological polar surface area (TPSA) is 83.6 Å². The van der Waals surface area contributed by atoms with Crippen LogP contribution in [0.25, 0.3) is 0 Å². The number of carboxylic acid groups (broad SMARTS) is 1. The Bertz CT molecular complexity index is 589. The van der Waals surface area contributed by atoms with Crippen LogP contribution in [0.15, 0.2) is 35.0 Å². The molecule has 0 radical (unpaired) electrons. The molecular weight excluding hydrogens is 248 g/mol. The van der Waals surface area contributed by atoms with E-state index >= 15 is 0 Å². The van der Waals surface area contributed by atoms with Crippen molar-refractivity contribution in [2.75, 3.05) is 4.90 Å². The van der Waals surface area contributed by atoms with Crippen molar-refractivity contribution in [3.63, 3.8) is 0 Å². The summed E-state index contributed by atoms with van der Waals surface area (Å²) in [4.78, 5) is 23.3. The molecule has 19 heavy (non-hydrogen) atoms. The Kier molecular flexibility index (Phi) is 3.61. The summed E-state index contributed by atoms with van der Waals surface area (Å²) < 4.78 is 4.91. The van der Waals surface area contributed by atoms with E-state index < -0.39 is 5.97 Å². The number of aromatic nitrogens is 1. The van der Waals surface area contributed by atoms with Gasteiger partial charge in [0.15, 0.2) is 5.76 Å². The van der Waals surface area contributed by atoms with E-state index in [4.69, 9.17) is 9.63 Å². The molecule has 0 unspecified atom stereocenters. The predicted molar refractivity (Wildman–Crippen MR) is 66.9 cm³/mol. The molecule has 1 N–H and O–H groups in total. The number of rotatable bonds is 5. The van der Waals surface area contributed by atoms with Gasteiger partial charge in [-0.15, -0.1) is 0 Å². The molecule has 1 aromatic heterocycles. The lowest BCUT2D eigenvalue weighted by atomic mass is 10.1. The normalized spacial score (nSPS) is 10.2. The molecule has 2 rings (SSSR count). The van der Waals surface area contributed by atoms with Gasteiger partial charge in [0.25, 0.3) is 0 Å². The van der Waals surface area contributed by atoms with E-state index in [1.807, 2.05) is 0 Å². The second-order valence-electron chi connectivity index (χ2n) is 4.00. The average molecular weight is 260 g/mol. The Morgan fingerprint density at radius 2 is 2.11 bits per heavy atom. The third kappa shape index (κ3) is 2.79. The zero-order valence-electron chi connectivity index (χ0n) is 10.2. The zero-order chi connectivity index (χ0) is 13.8. The van der Waals surface area contributed by atoms with E-state index in [2.05, 4.69) is 5.16 Å². The first-order chi connectivity index (χ1) is 9.11. The van der Waals surface area contributed by atoms with Crippen molar-refractivity contribution >= 4 is 18.1 Å². The first kappa shape index (κ1) is 12.8. The number of carbonyl (C=O) groups excluding carboxylic acids is 1. The highest BCUT2D eigenvalue weighted by atomic mass is 16.5. The van der Waals surface area contributed by atoms with Gasteiger partial charge in [-0.05, 0) is 24.6 Å². The Labute approximate surface area is 109 Å². The minimum absolute atomic E-state index is 0.211. The molecule has 6 nitrogen and oxygen atoms in total. The van der Waals surface area contributed by atoms with Crippen LogP contribution < -0.4 is 4.90 Å². The monoisotopic (exact) mass is 260 g/mol. The molecular formula is C13H12N2O4. The summed E-state index contributed by atoms with van der Waals surface area (Å²) in [5.41, 5.74) is 1.62. The standard InChI is InChI=1S/C13H12N2O4/c1-9-12(6-14-19-9)15(8-16)7-10-2-4-11(5-3-10)13(17)18/h2-6,8H,7H2,1H3,(H,17,18). The van der Waals surface area contributed by atoms with Crippen molar-refractivity contribution in [1.29, 1.82) is 0 Å². The molecule has 0 atom stereocenters. The Balaban J connectivity index is 2.17. The molecule has 98 valence electrons. The third-order valence-corrected chi connectivity index (χ3v) is 2.72. The molecule has 0 spiro atoms. The van der Waals surface area contributed by atoms with Crippen LogP contribution in [-0.4, -0.2) is 22.6 Å². The summed E-state index contributed by atoms with van der Waals surface area (Å²) >= 11 is 0. The highest BCUT2D eigenvalue weighted by Gasteiger charge is 2.12. The van der Waals surface area contributed by atoms with E-state index in [0.29, 0.717) is 24.4 Å². The molecule has 0 fully saturated rings. The van der Waals surface area contributed by atoms with Crippen LogP contribution in [0.2, 0.25) is 0 Å². The van der Waals surface area contributed by atoms with E-state index in [1.54, 1.807) is 19.1 Å². The first-order valence-electron chi connectivity index (χ1n) is 5.57. The highest BCUT2D eigenvalue weighted by molar-refractivity contribution is 5.87. The van der Waals surface area contributed by atoms with Crippen LogP contribution >= 0.6 is 0 Å². The van der Waals surface area contributed by atoms with Crippen molar-refractivity contribution in [1.82, 2.24) is 5.16 Å². The van der Waals surface area contributed by atoms with Gasteiger partial charge in [0.1, 0.15) is 5.69 Å². The van der Waals surface area contributed by atoms with Crippen molar-refractivity contribution in [3.05, 3.63) is 47.3 Å². The van der Waals surface area contributed by atoms with Gasteiger partial charge in [0.2, 0.25) is 6.41 Å². The third-order valence-electron chi connectivity index (χ3n) is 2.72. The van der Waals surface area contributed by atoms with Crippen LogP contribution in [0, 0.1) is 6.92 Å². The second-order valence-corrected chi connectivity index (χ2v) is 4.00. The molecule has 1 heterocycles. The predicted octanol–water partition coefficient (Wildman–Crippen LogP) is 1.84. The molecule has 0 saturated heterocycles. The van der Waals surface area contributed by atoms with Crippen LogP contribution in [-0.2, 0) is 11.3 Å². The van der Waals surface area contributed by atoms with E-state index in [9.17, 15) is 9.59 Å². The summed E-state index contributed by atoms with van der Waals surface area (Å²) in [5, 5.41) is 12.4. The van der Waals surface area contributed by atoms with E-state index in [1.165, 1.54) is 23.2 Å². The maximum Gasteiger partial charge on any atom is 0.335 e. The number of hydrogen-bond donors (Lipinski definition) is 1. The molecule has 1 aromatic carbocycles. The summed E-state index contributed by atoms with van der Waals surface area (Å²) in [6.45, 7) is 2.04. The molecule has 0 aliphatic heterocycles. The van der Waals surface area contributed by atoms with Gasteiger partial charge in [-0.25, -0.2) is 4.79 Å². The highest BCUT2D eigenvalue weighted by Crippen LogP contribution is 2.20. The molecule has 0 aliphatic carbocycles. The molecule has 2 aromatic rings. The van der Waals surface area contributed by atoms with E-state index in [0.717, 1.165) is 5.56 Å². The van der Waals surface area contributed by atoms with Crippen LogP contribution in [0.4, 0.5) is 5.69 Å². The summed E-state index contributed by atoms with van der Waals surface area (Å²) in [6, 6.07) is 6.34. The number of aromatic carboxylic acids is 1. The van der Waals surface area contributed by atoms with Crippen LogP contribution in [0.3, 0.4) is 0 Å². The number of hydrogen-bond acceptors (Lipinski definition) is 4. The molecule has 1 amide bonds. The fourth-order valence-electron chi connectivity index (χ4n) is 1.70. The lowest BCUT2D eigenvalue weighted by Crippen LogP contribution is -2.20. The minimum atomic E-state index is -0.978. The summed E-state index contributed by atoms with van der Waals surface area (Å²) in [5.74, 6) is -0.428. The number of nitrogens with zero attached hydrogens (tertiary/aromatic N) is 2. The average Bonchev–Trinajstić information content (AvgIpc) is 2.83. The van der Waals surface area contributed by atoms with Crippen LogP contribution in [0.5, 0.6) is 0 Å². The molecule has 0 saturated carbocycles. The maximum absolute atomic E-state index is 11.1. The number of aryl methyl sites for hydroxylation is 1. The second kappa shape index (κ2) is 5.34. The quantitative estimate of drug-likeness (QED) is 0.829. The Morgan fingerprint density at radius 1 is 1.42 bits per heavy atom. The van der Waals surface area contributed by atoms with Gasteiger partial charge in [0.05, 0.1) is 18.3 Å². The van der Waals surface area contributed by atoms with Crippen molar-refractivity contribution < 1.29 is 19.2 Å². The van der Waals surface area contributed by atoms with Gasteiger partial charge in [-0.3, -0.25) is 4.79 Å². The van der Waals surface area contributed by atoms with E-state index in [-0.39, 0.29) is 5.56 Å². The fraction of sp³-hybridized carbons (Fsp3) is 0.154. The largest absolute Gasteiger partial charge is 0.478 e. The van der Waals surface area contributed by atoms with Gasteiger partial charge in [-0.2, -0.15) is 0 Å². The van der Waals surface area contributed by atoms with Crippen molar-refractivity contribution in [3.8, 4) is 0 Å². The number of carbonyl (C=O) groups is 2. The number of amides is 1. The number of benzene rings is 1. The number of carboxylic acids is 1. The smallest absolute Gasteiger partial charge is 0.335 e. The summed E-state index contributed by atoms with van der Waals surface area (Å²) in [7, 11) is 0. The zero-order valence-corrected chi connectivity index (χ0v) is 10.2. The van der Waals surface area contributed by atoms with Gasteiger partial charge >= 0.3 is 5.97 Å². The summed E-state index contributed by atoms with van der Waals surface area (Å²) in [6.07, 6.45) is 2.15. The van der Waals surface area contributed by atoms with Gasteiger partial charge in [0, 0.05) is 0 Å². The minimum Gasteiger partial charge on any atom is -0.478 e. The SMILES string of the molecule is Cc1oncc1N(C=O)Cc1ccc(C(=O)O)cc1.